The Balaban J connectivity index is 3.86. The van der Waals surface area contributed by atoms with Crippen LogP contribution < -0.4 is 0 Å². The van der Waals surface area contributed by atoms with Gasteiger partial charge < -0.3 is 14.2 Å². The normalized spacial score (nSPS) is 12.0. The average Bonchev–Trinajstić information content (AvgIpc) is 3.40. The Labute approximate surface area is 462 Å². The van der Waals surface area contributed by atoms with E-state index in [2.05, 4.69) is 32.9 Å². The Hall–Kier alpha value is -1.85. The summed E-state index contributed by atoms with van der Waals surface area (Å²) in [5.41, 5.74) is 0. The molecule has 6 heteroatoms. The summed E-state index contributed by atoms with van der Waals surface area (Å²) in [6.45, 7) is 6.64. The first-order chi connectivity index (χ1) is 36.5. The highest BCUT2D eigenvalue weighted by Crippen LogP contribution is 2.19. The molecule has 0 saturated carbocycles. The zero-order valence-corrected chi connectivity index (χ0v) is 50.4. The second kappa shape index (κ2) is 63.7. The van der Waals surface area contributed by atoms with E-state index in [1.54, 1.807) is 0 Å². The molecule has 438 valence electrons. The third kappa shape index (κ3) is 61.0. The van der Waals surface area contributed by atoms with Gasteiger partial charge in [-0.2, -0.15) is 0 Å². The Morgan fingerprint density at radius 1 is 0.257 bits per heavy atom. The van der Waals surface area contributed by atoms with Crippen molar-refractivity contribution in [1.82, 2.24) is 0 Å². The number of carbonyl (C=O) groups is 3. The number of esters is 3. The molecule has 0 aromatic carbocycles. The topological polar surface area (TPSA) is 78.9 Å². The summed E-state index contributed by atoms with van der Waals surface area (Å²) in [5.74, 6) is -0.861. The summed E-state index contributed by atoms with van der Waals surface area (Å²) < 4.78 is 16.8. The number of carbonyl (C=O) groups excluding carboxylic acids is 3. The van der Waals surface area contributed by atoms with E-state index in [9.17, 15) is 14.4 Å². The van der Waals surface area contributed by atoms with Crippen LogP contribution in [0.4, 0.5) is 0 Å². The number of hydrogen-bond acceptors (Lipinski definition) is 6. The molecule has 0 rings (SSSR count). The van der Waals surface area contributed by atoms with Crippen molar-refractivity contribution in [3.05, 3.63) is 12.2 Å². The van der Waals surface area contributed by atoms with Crippen LogP contribution in [0.1, 0.15) is 387 Å². The second-order valence-corrected chi connectivity index (χ2v) is 23.1. The monoisotopic (exact) mass is 1040 g/mol. The van der Waals surface area contributed by atoms with E-state index >= 15 is 0 Å². The van der Waals surface area contributed by atoms with Crippen LogP contribution in [0.3, 0.4) is 0 Å². The lowest BCUT2D eigenvalue weighted by Crippen LogP contribution is -2.30. The van der Waals surface area contributed by atoms with Crippen molar-refractivity contribution >= 4 is 17.9 Å². The van der Waals surface area contributed by atoms with Crippen molar-refractivity contribution in [2.75, 3.05) is 13.2 Å². The molecular formula is C68H130O6. The van der Waals surface area contributed by atoms with E-state index in [1.807, 2.05) is 0 Å². The lowest BCUT2D eigenvalue weighted by molar-refractivity contribution is -0.167. The zero-order valence-electron chi connectivity index (χ0n) is 50.4. The molecule has 0 spiro atoms. The van der Waals surface area contributed by atoms with Gasteiger partial charge in [-0.15, -0.1) is 0 Å². The quantitative estimate of drug-likeness (QED) is 0.0261. The van der Waals surface area contributed by atoms with E-state index in [0.29, 0.717) is 19.3 Å². The van der Waals surface area contributed by atoms with E-state index in [0.717, 1.165) is 64.2 Å². The molecule has 0 aromatic rings. The van der Waals surface area contributed by atoms with Crippen molar-refractivity contribution in [3.8, 4) is 0 Å². The molecule has 0 aromatic heterocycles. The summed E-state index contributed by atoms with van der Waals surface area (Å²) in [6, 6.07) is 0. The number of hydrogen-bond donors (Lipinski definition) is 0. The minimum absolute atomic E-state index is 0.0682. The van der Waals surface area contributed by atoms with Crippen LogP contribution in [0.15, 0.2) is 12.2 Å². The Bertz CT molecular complexity index is 1150. The van der Waals surface area contributed by atoms with Gasteiger partial charge in [0.25, 0.3) is 0 Å². The van der Waals surface area contributed by atoms with E-state index in [1.165, 1.54) is 283 Å². The first-order valence-corrected chi connectivity index (χ1v) is 33.7. The maximum Gasteiger partial charge on any atom is 0.306 e. The molecular weight excluding hydrogens is 913 g/mol. The third-order valence-electron chi connectivity index (χ3n) is 15.5. The number of ether oxygens (including phenoxy) is 3. The van der Waals surface area contributed by atoms with Gasteiger partial charge in [-0.1, -0.05) is 335 Å². The Morgan fingerprint density at radius 2 is 0.446 bits per heavy atom. The molecule has 0 heterocycles. The molecule has 1 unspecified atom stereocenters. The van der Waals surface area contributed by atoms with E-state index < -0.39 is 6.10 Å². The maximum absolute atomic E-state index is 12.8. The van der Waals surface area contributed by atoms with Crippen molar-refractivity contribution in [2.24, 2.45) is 0 Å². The fourth-order valence-electron chi connectivity index (χ4n) is 10.4. The molecule has 0 saturated heterocycles. The minimum atomic E-state index is -0.768. The number of unbranched alkanes of at least 4 members (excludes halogenated alkanes) is 50. The summed E-state index contributed by atoms with van der Waals surface area (Å²) in [5, 5.41) is 0. The summed E-state index contributed by atoms with van der Waals surface area (Å²) in [4.78, 5) is 38.0. The molecule has 0 amide bonds. The SMILES string of the molecule is CCCCCCC/C=C\CCCCCCCC(=O)OC(COC(=O)CCCCCCCCC)COC(=O)CCCCCCCCCCCCCCCCCCCCCCCCCCCCCCCCCCCCC. The smallest absolute Gasteiger partial charge is 0.306 e. The molecule has 0 aliphatic rings. The van der Waals surface area contributed by atoms with Gasteiger partial charge >= 0.3 is 17.9 Å². The fourth-order valence-corrected chi connectivity index (χ4v) is 10.4. The first-order valence-electron chi connectivity index (χ1n) is 33.7. The number of rotatable bonds is 63. The van der Waals surface area contributed by atoms with E-state index in [-0.39, 0.29) is 31.1 Å². The van der Waals surface area contributed by atoms with Gasteiger partial charge in [-0.3, -0.25) is 14.4 Å². The summed E-state index contributed by atoms with van der Waals surface area (Å²) >= 11 is 0. The molecule has 0 aliphatic carbocycles. The van der Waals surface area contributed by atoms with Crippen LogP contribution in [-0.4, -0.2) is 37.2 Å². The highest BCUT2D eigenvalue weighted by Gasteiger charge is 2.19. The lowest BCUT2D eigenvalue weighted by atomic mass is 10.0. The van der Waals surface area contributed by atoms with Crippen LogP contribution in [0.2, 0.25) is 0 Å². The molecule has 0 radical (unpaired) electrons. The first kappa shape index (κ1) is 72.2. The van der Waals surface area contributed by atoms with Crippen LogP contribution in [0, 0.1) is 0 Å². The number of allylic oxidation sites excluding steroid dienone is 2. The fraction of sp³-hybridized carbons (Fsp3) is 0.926. The van der Waals surface area contributed by atoms with Gasteiger partial charge in [0, 0.05) is 19.3 Å². The van der Waals surface area contributed by atoms with Gasteiger partial charge in [-0.05, 0) is 44.9 Å². The largest absolute Gasteiger partial charge is 0.462 e. The molecule has 0 N–H and O–H groups in total. The maximum atomic E-state index is 12.8. The minimum Gasteiger partial charge on any atom is -0.462 e. The van der Waals surface area contributed by atoms with Crippen molar-refractivity contribution in [1.29, 1.82) is 0 Å². The summed E-state index contributed by atoms with van der Waals surface area (Å²) in [7, 11) is 0. The summed E-state index contributed by atoms with van der Waals surface area (Å²) in [6.07, 6.45) is 75.8. The molecule has 0 aliphatic heterocycles. The molecule has 0 bridgehead atoms. The van der Waals surface area contributed by atoms with Crippen LogP contribution in [0.25, 0.3) is 0 Å². The van der Waals surface area contributed by atoms with E-state index in [4.69, 9.17) is 14.2 Å². The highest BCUT2D eigenvalue weighted by molar-refractivity contribution is 5.71. The van der Waals surface area contributed by atoms with Gasteiger partial charge in [0.05, 0.1) is 0 Å². The highest BCUT2D eigenvalue weighted by atomic mass is 16.6. The van der Waals surface area contributed by atoms with Crippen LogP contribution in [0.5, 0.6) is 0 Å². The Kier molecular flexibility index (Phi) is 62.1. The van der Waals surface area contributed by atoms with Gasteiger partial charge in [0.15, 0.2) is 6.10 Å². The van der Waals surface area contributed by atoms with Gasteiger partial charge in [0.2, 0.25) is 0 Å². The average molecular weight is 1040 g/mol. The lowest BCUT2D eigenvalue weighted by Gasteiger charge is -2.18. The second-order valence-electron chi connectivity index (χ2n) is 23.1. The predicted octanol–water partition coefficient (Wildman–Crippen LogP) is 22.8. The van der Waals surface area contributed by atoms with Gasteiger partial charge in [0.1, 0.15) is 13.2 Å². The third-order valence-corrected chi connectivity index (χ3v) is 15.5. The Morgan fingerprint density at radius 3 is 0.676 bits per heavy atom. The molecule has 0 fully saturated rings. The van der Waals surface area contributed by atoms with Crippen molar-refractivity contribution < 1.29 is 28.6 Å². The standard InChI is InChI=1S/C68H130O6/c1-4-7-10-13-16-18-20-22-24-25-26-27-28-29-30-31-32-33-34-35-36-37-38-39-40-41-42-43-44-46-47-49-52-55-58-61-67(70)73-64-65(63-72-66(69)60-57-54-51-15-12-9-6-3)74-68(71)62-59-56-53-50-48-45-23-21-19-17-14-11-8-5-2/h21,23,65H,4-20,22,24-64H2,1-3H3/b23-21-. The van der Waals surface area contributed by atoms with Crippen molar-refractivity contribution in [3.63, 3.8) is 0 Å². The molecule has 74 heavy (non-hydrogen) atoms. The zero-order chi connectivity index (χ0) is 53.6. The molecule has 6 nitrogen and oxygen atoms in total. The predicted molar refractivity (Wildman–Crippen MR) is 321 cm³/mol. The van der Waals surface area contributed by atoms with Gasteiger partial charge in [-0.25, -0.2) is 0 Å². The van der Waals surface area contributed by atoms with Crippen LogP contribution >= 0.6 is 0 Å². The van der Waals surface area contributed by atoms with Crippen molar-refractivity contribution in [2.45, 2.75) is 393 Å². The molecule has 1 atom stereocenters. The van der Waals surface area contributed by atoms with Crippen LogP contribution in [-0.2, 0) is 28.6 Å².